The van der Waals surface area contributed by atoms with Crippen molar-refractivity contribution in [2.24, 2.45) is 21.7 Å². The molecule has 3 rings (SSSR count). The first kappa shape index (κ1) is 22.0. The summed E-state index contributed by atoms with van der Waals surface area (Å²) in [7, 11) is 1.44. The Bertz CT molecular complexity index is 881. The summed E-state index contributed by atoms with van der Waals surface area (Å²) in [5.74, 6) is -2.24. The van der Waals surface area contributed by atoms with Crippen LogP contribution in [0.1, 0.15) is 40.0 Å². The minimum Gasteiger partial charge on any atom is -0.495 e. The highest BCUT2D eigenvalue weighted by Crippen LogP contribution is 2.46. The molecule has 30 heavy (non-hydrogen) atoms. The molecule has 0 spiro atoms. The molecule has 4 amide bonds. The van der Waals surface area contributed by atoms with E-state index in [1.165, 1.54) is 13.3 Å². The molecule has 0 radical (unpaired) electrons. The number of para-hydroxylation sites is 2. The van der Waals surface area contributed by atoms with E-state index in [-0.39, 0.29) is 16.5 Å². The fourth-order valence-corrected chi connectivity index (χ4v) is 4.84. The van der Waals surface area contributed by atoms with Crippen molar-refractivity contribution in [3.8, 4) is 5.75 Å². The molecule has 8 nitrogen and oxygen atoms in total. The maximum Gasteiger partial charge on any atom is 0.335 e. The number of rotatable bonds is 5. The maximum absolute atomic E-state index is 13.0. The summed E-state index contributed by atoms with van der Waals surface area (Å²) in [6.45, 7) is 6.67. The number of urea groups is 1. The number of anilines is 1. The van der Waals surface area contributed by atoms with Crippen molar-refractivity contribution >= 4 is 29.7 Å². The molecule has 2 aliphatic rings. The van der Waals surface area contributed by atoms with Crippen LogP contribution in [0.25, 0.3) is 0 Å². The summed E-state index contributed by atoms with van der Waals surface area (Å²) in [4.78, 5) is 43.0. The number of nitrogens with zero attached hydrogens (tertiary/aromatic N) is 2. The molecule has 1 aliphatic carbocycles. The number of hydrogen-bond donors (Lipinski definition) is 2. The molecule has 1 aliphatic heterocycles. The van der Waals surface area contributed by atoms with Gasteiger partial charge in [-0.3, -0.25) is 19.9 Å². The Hall–Kier alpha value is -2.74. The van der Waals surface area contributed by atoms with Crippen LogP contribution in [0.4, 0.5) is 10.5 Å². The topological polar surface area (TPSA) is 108 Å². The smallest absolute Gasteiger partial charge is 0.335 e. The third-order valence-corrected chi connectivity index (χ3v) is 5.68. The van der Waals surface area contributed by atoms with E-state index in [1.807, 2.05) is 0 Å². The third kappa shape index (κ3) is 4.53. The number of aliphatic hydroxyl groups is 1. The quantitative estimate of drug-likeness (QED) is 0.568. The van der Waals surface area contributed by atoms with Gasteiger partial charge in [-0.05, 0) is 42.2 Å². The molecule has 0 bridgehead atoms. The minimum atomic E-state index is -1.21. The molecular formula is C22H29N3O5. The summed E-state index contributed by atoms with van der Waals surface area (Å²) in [6.07, 6.45) is 3.15. The second kappa shape index (κ2) is 8.18. The SMILES string of the molecule is COc1ccccc1N1C(=O)NC(=O)C(C=NC[C@]2(C)C[C@@H](O)CC(C)(C)C2)C1=O. The summed E-state index contributed by atoms with van der Waals surface area (Å²) >= 11 is 0. The number of aliphatic hydroxyl groups excluding tert-OH is 1. The van der Waals surface area contributed by atoms with Gasteiger partial charge in [0.2, 0.25) is 5.91 Å². The van der Waals surface area contributed by atoms with Crippen LogP contribution < -0.4 is 15.0 Å². The van der Waals surface area contributed by atoms with Gasteiger partial charge in [0.1, 0.15) is 5.75 Å². The predicted molar refractivity (Wildman–Crippen MR) is 113 cm³/mol. The van der Waals surface area contributed by atoms with E-state index in [1.54, 1.807) is 24.3 Å². The van der Waals surface area contributed by atoms with Crippen molar-refractivity contribution in [1.29, 1.82) is 0 Å². The molecule has 1 saturated carbocycles. The zero-order chi connectivity index (χ0) is 22.1. The van der Waals surface area contributed by atoms with Crippen molar-refractivity contribution < 1.29 is 24.2 Å². The van der Waals surface area contributed by atoms with Gasteiger partial charge in [0.15, 0.2) is 5.92 Å². The predicted octanol–water partition coefficient (Wildman–Crippen LogP) is 2.54. The Morgan fingerprint density at radius 1 is 1.23 bits per heavy atom. The summed E-state index contributed by atoms with van der Waals surface area (Å²) < 4.78 is 5.24. The number of hydrogen-bond acceptors (Lipinski definition) is 6. The molecule has 8 heteroatoms. The van der Waals surface area contributed by atoms with Gasteiger partial charge in [-0.2, -0.15) is 0 Å². The van der Waals surface area contributed by atoms with Crippen LogP contribution in [0.3, 0.4) is 0 Å². The van der Waals surface area contributed by atoms with Crippen LogP contribution in [-0.2, 0) is 9.59 Å². The minimum absolute atomic E-state index is 0.00689. The van der Waals surface area contributed by atoms with E-state index in [4.69, 9.17) is 4.74 Å². The van der Waals surface area contributed by atoms with E-state index in [0.29, 0.717) is 18.7 Å². The number of amides is 4. The first-order valence-electron chi connectivity index (χ1n) is 10.1. The van der Waals surface area contributed by atoms with Crippen molar-refractivity contribution in [3.63, 3.8) is 0 Å². The molecule has 1 heterocycles. The molecule has 0 aromatic heterocycles. The lowest BCUT2D eigenvalue weighted by Crippen LogP contribution is -2.58. The molecule has 1 aromatic carbocycles. The number of barbiturate groups is 1. The van der Waals surface area contributed by atoms with Crippen molar-refractivity contribution in [2.45, 2.75) is 46.1 Å². The van der Waals surface area contributed by atoms with Crippen molar-refractivity contribution in [2.75, 3.05) is 18.6 Å². The number of carbonyl (C=O) groups is 3. The number of methoxy groups -OCH3 is 1. The standard InChI is InChI=1S/C22H29N3O5/c1-21(2)9-14(26)10-22(3,12-21)13-23-11-15-18(27)24-20(29)25(19(15)28)16-7-5-6-8-17(16)30-4/h5-8,11,14-15,26H,9-10,12-13H2,1-4H3,(H,24,27,29)/t14-,15?,22+/m0/s1. The van der Waals surface area contributed by atoms with Gasteiger partial charge in [-0.1, -0.05) is 32.9 Å². The lowest BCUT2D eigenvalue weighted by atomic mass is 9.63. The lowest BCUT2D eigenvalue weighted by Gasteiger charge is -2.44. The number of benzene rings is 1. The van der Waals surface area contributed by atoms with Gasteiger partial charge < -0.3 is 9.84 Å². The van der Waals surface area contributed by atoms with Crippen LogP contribution >= 0.6 is 0 Å². The number of nitrogens with one attached hydrogen (secondary N) is 1. The van der Waals surface area contributed by atoms with Gasteiger partial charge in [0, 0.05) is 12.8 Å². The second-order valence-electron chi connectivity index (χ2n) is 9.32. The van der Waals surface area contributed by atoms with Gasteiger partial charge in [-0.25, -0.2) is 9.69 Å². The first-order chi connectivity index (χ1) is 14.1. The molecule has 1 saturated heterocycles. The largest absolute Gasteiger partial charge is 0.495 e. The van der Waals surface area contributed by atoms with Crippen LogP contribution in [0.2, 0.25) is 0 Å². The first-order valence-corrected chi connectivity index (χ1v) is 10.1. The Morgan fingerprint density at radius 2 is 1.93 bits per heavy atom. The molecule has 2 N–H and O–H groups in total. The monoisotopic (exact) mass is 415 g/mol. The normalized spacial score (nSPS) is 29.2. The number of imide groups is 2. The summed E-state index contributed by atoms with van der Waals surface area (Å²) in [6, 6.07) is 5.79. The zero-order valence-electron chi connectivity index (χ0n) is 17.8. The second-order valence-corrected chi connectivity index (χ2v) is 9.32. The summed E-state index contributed by atoms with van der Waals surface area (Å²) in [5.41, 5.74) is 0.0226. The van der Waals surface area contributed by atoms with Crippen LogP contribution in [0.5, 0.6) is 5.75 Å². The lowest BCUT2D eigenvalue weighted by molar-refractivity contribution is -0.131. The van der Waals surface area contributed by atoms with Crippen molar-refractivity contribution in [3.05, 3.63) is 24.3 Å². The van der Waals surface area contributed by atoms with Gasteiger partial charge in [0.25, 0.3) is 5.91 Å². The molecular weight excluding hydrogens is 386 g/mol. The highest BCUT2D eigenvalue weighted by atomic mass is 16.5. The number of carbonyl (C=O) groups excluding carboxylic acids is 3. The molecule has 1 unspecified atom stereocenters. The highest BCUT2D eigenvalue weighted by Gasteiger charge is 2.43. The average molecular weight is 415 g/mol. The Kier molecular flexibility index (Phi) is 5.99. The fraction of sp³-hybridized carbons (Fsp3) is 0.545. The molecule has 162 valence electrons. The highest BCUT2D eigenvalue weighted by molar-refractivity contribution is 6.32. The van der Waals surface area contributed by atoms with E-state index in [2.05, 4.69) is 31.1 Å². The van der Waals surface area contributed by atoms with Crippen LogP contribution in [0, 0.1) is 16.7 Å². The van der Waals surface area contributed by atoms with Gasteiger partial charge in [0.05, 0.1) is 18.9 Å². The van der Waals surface area contributed by atoms with E-state index in [9.17, 15) is 19.5 Å². The molecule has 3 atom stereocenters. The fourth-order valence-electron chi connectivity index (χ4n) is 4.84. The third-order valence-electron chi connectivity index (χ3n) is 5.68. The zero-order valence-corrected chi connectivity index (χ0v) is 17.8. The van der Waals surface area contributed by atoms with Crippen molar-refractivity contribution in [1.82, 2.24) is 5.32 Å². The van der Waals surface area contributed by atoms with Gasteiger partial charge in [-0.15, -0.1) is 0 Å². The van der Waals surface area contributed by atoms with Crippen LogP contribution in [0.15, 0.2) is 29.3 Å². The Balaban J connectivity index is 1.79. The number of ether oxygens (including phenoxy) is 1. The Labute approximate surface area is 176 Å². The molecule has 2 fully saturated rings. The van der Waals surface area contributed by atoms with E-state index >= 15 is 0 Å². The maximum atomic E-state index is 13.0. The van der Waals surface area contributed by atoms with E-state index in [0.717, 1.165) is 17.7 Å². The average Bonchev–Trinajstić information content (AvgIpc) is 2.62. The Morgan fingerprint density at radius 3 is 2.60 bits per heavy atom. The summed E-state index contributed by atoms with van der Waals surface area (Å²) in [5, 5.41) is 12.4. The van der Waals surface area contributed by atoms with Crippen LogP contribution in [-0.4, -0.2) is 48.9 Å². The van der Waals surface area contributed by atoms with E-state index < -0.39 is 29.9 Å². The van der Waals surface area contributed by atoms with Gasteiger partial charge >= 0.3 is 6.03 Å². The molecule has 1 aromatic rings. The number of aliphatic imine (C=N–C) groups is 1.